The predicted molar refractivity (Wildman–Crippen MR) is 59.0 cm³/mol. The lowest BCUT2D eigenvalue weighted by molar-refractivity contribution is 0.315. The largest absolute Gasteiger partial charge is 0.365 e. The molecule has 4 nitrogen and oxygen atoms in total. The molecule has 80 valence electrons. The molecule has 1 aromatic heterocycles. The average molecular weight is 196 g/mol. The zero-order valence-corrected chi connectivity index (χ0v) is 8.74. The van der Waals surface area contributed by atoms with E-state index in [1.807, 2.05) is 12.3 Å². The summed E-state index contributed by atoms with van der Waals surface area (Å²) in [6, 6.07) is 4.20. The number of nitrogens with two attached hydrogens (primary N) is 2. The second-order valence-corrected chi connectivity index (χ2v) is 3.70. The van der Waals surface area contributed by atoms with Crippen LogP contribution in [0.25, 0.3) is 0 Å². The van der Waals surface area contributed by atoms with Gasteiger partial charge in [-0.15, -0.1) is 0 Å². The lowest BCUT2D eigenvalue weighted by Gasteiger charge is -2.19. The molecule has 0 saturated heterocycles. The number of hydrogen-bond acceptors (Lipinski definition) is 3. The highest BCUT2D eigenvalue weighted by Crippen LogP contribution is 1.97. The quantitative estimate of drug-likeness (QED) is 0.589. The summed E-state index contributed by atoms with van der Waals surface area (Å²) in [5.74, 6) is 0. The second-order valence-electron chi connectivity index (χ2n) is 3.70. The van der Waals surface area contributed by atoms with Crippen molar-refractivity contribution in [1.29, 1.82) is 0 Å². The number of aromatic nitrogens is 1. The summed E-state index contributed by atoms with van der Waals surface area (Å²) in [7, 11) is 2.07. The number of nitrogens with one attached hydrogen (secondary N) is 1. The Kier molecular flexibility index (Phi) is 4.65. The van der Waals surface area contributed by atoms with E-state index in [9.17, 15) is 0 Å². The molecular weight excluding hydrogens is 176 g/mol. The Balaban J connectivity index is 2.18. The molecule has 0 bridgehead atoms. The summed E-state index contributed by atoms with van der Waals surface area (Å²) in [6.45, 7) is 2.41. The van der Waals surface area contributed by atoms with Crippen LogP contribution in [0.2, 0.25) is 0 Å². The van der Waals surface area contributed by atoms with E-state index in [1.54, 1.807) is 0 Å². The van der Waals surface area contributed by atoms with Crippen molar-refractivity contribution in [3.05, 3.63) is 24.0 Å². The van der Waals surface area contributed by atoms with E-state index in [0.29, 0.717) is 6.54 Å². The number of likely N-dealkylation sites (N-methyl/N-ethyl adjacent to an activating group) is 1. The minimum Gasteiger partial charge on any atom is -0.365 e. The fraction of sp³-hybridized carbons (Fsp3) is 0.600. The topological polar surface area (TPSA) is 71.1 Å². The van der Waals surface area contributed by atoms with Crippen molar-refractivity contribution in [2.45, 2.75) is 12.5 Å². The lowest BCUT2D eigenvalue weighted by Crippen LogP contribution is -2.41. The number of nitrogens with zero attached hydrogens (tertiary/aromatic N) is 1. The van der Waals surface area contributed by atoms with Gasteiger partial charge in [0, 0.05) is 44.0 Å². The van der Waals surface area contributed by atoms with Crippen molar-refractivity contribution in [2.75, 3.05) is 26.7 Å². The Morgan fingerprint density at radius 3 is 2.93 bits per heavy atom. The number of hydrogen-bond donors (Lipinski definition) is 3. The van der Waals surface area contributed by atoms with Crippen LogP contribution in [-0.2, 0) is 6.42 Å². The standard InChI is InChI=1S/C10H20N4/c1-14(8-9(12)7-11)6-4-10-3-2-5-13-10/h2-3,5,9,13H,4,6-8,11-12H2,1H3. The van der Waals surface area contributed by atoms with Crippen molar-refractivity contribution in [2.24, 2.45) is 11.5 Å². The molecule has 1 aromatic rings. The van der Waals surface area contributed by atoms with Crippen LogP contribution < -0.4 is 11.5 Å². The van der Waals surface area contributed by atoms with Gasteiger partial charge in [0.15, 0.2) is 0 Å². The van der Waals surface area contributed by atoms with E-state index in [-0.39, 0.29) is 6.04 Å². The maximum atomic E-state index is 5.75. The molecule has 0 aliphatic rings. The average Bonchev–Trinajstić information content (AvgIpc) is 2.67. The summed E-state index contributed by atoms with van der Waals surface area (Å²) in [5.41, 5.74) is 12.5. The summed E-state index contributed by atoms with van der Waals surface area (Å²) < 4.78 is 0. The van der Waals surface area contributed by atoms with Gasteiger partial charge in [-0.1, -0.05) is 0 Å². The van der Waals surface area contributed by atoms with Crippen LogP contribution in [0.1, 0.15) is 5.69 Å². The van der Waals surface area contributed by atoms with Gasteiger partial charge < -0.3 is 21.4 Å². The molecule has 0 spiro atoms. The molecule has 5 N–H and O–H groups in total. The van der Waals surface area contributed by atoms with Crippen LogP contribution >= 0.6 is 0 Å². The molecule has 1 unspecified atom stereocenters. The van der Waals surface area contributed by atoms with E-state index in [4.69, 9.17) is 11.5 Å². The van der Waals surface area contributed by atoms with E-state index in [0.717, 1.165) is 19.5 Å². The van der Waals surface area contributed by atoms with E-state index >= 15 is 0 Å². The molecule has 0 aromatic carbocycles. The Morgan fingerprint density at radius 1 is 1.57 bits per heavy atom. The molecule has 0 aliphatic carbocycles. The Bertz CT molecular complexity index is 232. The molecule has 0 radical (unpaired) electrons. The first-order chi connectivity index (χ1) is 6.72. The van der Waals surface area contributed by atoms with Gasteiger partial charge in [0.25, 0.3) is 0 Å². The van der Waals surface area contributed by atoms with Gasteiger partial charge >= 0.3 is 0 Å². The maximum absolute atomic E-state index is 5.75. The highest BCUT2D eigenvalue weighted by molar-refractivity contribution is 5.03. The zero-order chi connectivity index (χ0) is 10.4. The molecule has 1 atom stereocenters. The molecule has 0 saturated carbocycles. The molecular formula is C10H20N4. The van der Waals surface area contributed by atoms with Crippen molar-refractivity contribution < 1.29 is 0 Å². The third-order valence-electron chi connectivity index (χ3n) is 2.27. The summed E-state index contributed by atoms with van der Waals surface area (Å²) in [5, 5.41) is 0. The zero-order valence-electron chi connectivity index (χ0n) is 8.74. The molecule has 1 rings (SSSR count). The molecule has 1 heterocycles. The maximum Gasteiger partial charge on any atom is 0.0292 e. The molecule has 0 fully saturated rings. The Hall–Kier alpha value is -0.840. The van der Waals surface area contributed by atoms with Crippen molar-refractivity contribution >= 4 is 0 Å². The SMILES string of the molecule is CN(CCc1ccc[nH]1)CC(N)CN. The van der Waals surface area contributed by atoms with Crippen molar-refractivity contribution in [3.63, 3.8) is 0 Å². The van der Waals surface area contributed by atoms with Gasteiger partial charge in [-0.25, -0.2) is 0 Å². The highest BCUT2D eigenvalue weighted by Gasteiger charge is 2.04. The summed E-state index contributed by atoms with van der Waals surface area (Å²) in [4.78, 5) is 5.38. The third kappa shape index (κ3) is 3.91. The van der Waals surface area contributed by atoms with Gasteiger partial charge in [0.2, 0.25) is 0 Å². The molecule has 4 heteroatoms. The van der Waals surface area contributed by atoms with Crippen LogP contribution in [0.5, 0.6) is 0 Å². The first kappa shape index (κ1) is 11.2. The number of aromatic amines is 1. The van der Waals surface area contributed by atoms with Gasteiger partial charge in [-0.2, -0.15) is 0 Å². The van der Waals surface area contributed by atoms with Crippen LogP contribution in [0, 0.1) is 0 Å². The molecule has 0 amide bonds. The monoisotopic (exact) mass is 196 g/mol. The van der Waals surface area contributed by atoms with Gasteiger partial charge in [0.1, 0.15) is 0 Å². The second kappa shape index (κ2) is 5.80. The van der Waals surface area contributed by atoms with Crippen LogP contribution in [0.4, 0.5) is 0 Å². The van der Waals surface area contributed by atoms with Crippen LogP contribution in [0.3, 0.4) is 0 Å². The summed E-state index contributed by atoms with van der Waals surface area (Å²) in [6.07, 6.45) is 2.97. The number of rotatable bonds is 6. The Morgan fingerprint density at radius 2 is 2.36 bits per heavy atom. The van der Waals surface area contributed by atoms with E-state index in [1.165, 1.54) is 5.69 Å². The number of H-pyrrole nitrogens is 1. The minimum absolute atomic E-state index is 0.0867. The fourth-order valence-electron chi connectivity index (χ4n) is 1.40. The lowest BCUT2D eigenvalue weighted by atomic mass is 10.2. The molecule has 0 aliphatic heterocycles. The van der Waals surface area contributed by atoms with E-state index < -0.39 is 0 Å². The summed E-state index contributed by atoms with van der Waals surface area (Å²) >= 11 is 0. The fourth-order valence-corrected chi connectivity index (χ4v) is 1.40. The highest BCUT2D eigenvalue weighted by atomic mass is 15.1. The van der Waals surface area contributed by atoms with Gasteiger partial charge in [-0.05, 0) is 19.2 Å². The van der Waals surface area contributed by atoms with Crippen molar-refractivity contribution in [1.82, 2.24) is 9.88 Å². The van der Waals surface area contributed by atoms with Crippen LogP contribution in [-0.4, -0.2) is 42.6 Å². The first-order valence-corrected chi connectivity index (χ1v) is 4.99. The smallest absolute Gasteiger partial charge is 0.0292 e. The normalized spacial score (nSPS) is 13.4. The predicted octanol–water partition coefficient (Wildman–Crippen LogP) is -0.225. The molecule has 14 heavy (non-hydrogen) atoms. The van der Waals surface area contributed by atoms with Crippen LogP contribution in [0.15, 0.2) is 18.3 Å². The third-order valence-corrected chi connectivity index (χ3v) is 2.27. The van der Waals surface area contributed by atoms with Crippen molar-refractivity contribution in [3.8, 4) is 0 Å². The first-order valence-electron chi connectivity index (χ1n) is 4.99. The minimum atomic E-state index is 0.0867. The Labute approximate surface area is 85.3 Å². The van der Waals surface area contributed by atoms with Gasteiger partial charge in [0.05, 0.1) is 0 Å². The van der Waals surface area contributed by atoms with E-state index in [2.05, 4.69) is 23.0 Å². The van der Waals surface area contributed by atoms with Gasteiger partial charge in [-0.3, -0.25) is 0 Å².